The zero-order valence-corrected chi connectivity index (χ0v) is 14.2. The number of hydrogen-bond acceptors (Lipinski definition) is 4. The highest BCUT2D eigenvalue weighted by atomic mass is 16.5. The van der Waals surface area contributed by atoms with Crippen molar-refractivity contribution in [2.75, 3.05) is 17.7 Å². The number of ketones is 1. The molecule has 0 bridgehead atoms. The van der Waals surface area contributed by atoms with Crippen LogP contribution in [0.3, 0.4) is 0 Å². The van der Waals surface area contributed by atoms with Crippen molar-refractivity contribution in [3.63, 3.8) is 0 Å². The molecule has 0 saturated heterocycles. The number of benzene rings is 2. The van der Waals surface area contributed by atoms with Crippen molar-refractivity contribution in [1.29, 1.82) is 0 Å². The molecule has 0 aliphatic rings. The molecule has 0 radical (unpaired) electrons. The summed E-state index contributed by atoms with van der Waals surface area (Å²) in [6.07, 6.45) is 0.0987. The Morgan fingerprint density at radius 3 is 1.84 bits per heavy atom. The fraction of sp³-hybridized carbons (Fsp3) is 0.211. The Morgan fingerprint density at radius 2 is 1.36 bits per heavy atom. The number of rotatable bonds is 7. The van der Waals surface area contributed by atoms with Gasteiger partial charge in [-0.05, 0) is 48.9 Å². The molecule has 6 heteroatoms. The third-order valence-corrected chi connectivity index (χ3v) is 3.39. The fourth-order valence-corrected chi connectivity index (χ4v) is 2.20. The predicted octanol–water partition coefficient (Wildman–Crippen LogP) is 2.79. The third-order valence-electron chi connectivity index (χ3n) is 3.39. The van der Waals surface area contributed by atoms with Gasteiger partial charge in [-0.3, -0.25) is 14.4 Å². The normalized spacial score (nSPS) is 10.0. The summed E-state index contributed by atoms with van der Waals surface area (Å²) in [5.41, 5.74) is 2.08. The van der Waals surface area contributed by atoms with Gasteiger partial charge in [0, 0.05) is 11.4 Å². The van der Waals surface area contributed by atoms with Crippen molar-refractivity contribution in [2.24, 2.45) is 0 Å². The molecule has 0 spiro atoms. The maximum absolute atomic E-state index is 12.1. The van der Waals surface area contributed by atoms with E-state index < -0.39 is 0 Å². The van der Waals surface area contributed by atoms with Gasteiger partial charge in [0.1, 0.15) is 11.5 Å². The van der Waals surface area contributed by atoms with Crippen molar-refractivity contribution in [1.82, 2.24) is 0 Å². The first-order valence-electron chi connectivity index (χ1n) is 7.78. The lowest BCUT2D eigenvalue weighted by Gasteiger charge is -2.08. The van der Waals surface area contributed by atoms with E-state index in [1.165, 1.54) is 6.92 Å². The molecule has 0 aliphatic heterocycles. The Bertz CT molecular complexity index is 752. The first-order chi connectivity index (χ1) is 12.0. The molecular formula is C19H20N2O4. The van der Waals surface area contributed by atoms with Crippen LogP contribution in [0.25, 0.3) is 0 Å². The maximum atomic E-state index is 12.1. The Morgan fingerprint density at radius 1 is 0.840 bits per heavy atom. The van der Waals surface area contributed by atoms with E-state index in [1.807, 2.05) is 12.1 Å². The lowest BCUT2D eigenvalue weighted by molar-refractivity contribution is -0.124. The lowest BCUT2D eigenvalue weighted by atomic mass is 10.1. The number of anilines is 2. The molecular weight excluding hydrogens is 320 g/mol. The van der Waals surface area contributed by atoms with E-state index in [2.05, 4.69) is 10.6 Å². The summed E-state index contributed by atoms with van der Waals surface area (Å²) in [6, 6.07) is 14.0. The summed E-state index contributed by atoms with van der Waals surface area (Å²) in [7, 11) is 1.59. The van der Waals surface area contributed by atoms with Crippen molar-refractivity contribution in [2.45, 2.75) is 19.8 Å². The van der Waals surface area contributed by atoms with E-state index in [9.17, 15) is 14.4 Å². The molecule has 0 atom stereocenters. The highest BCUT2D eigenvalue weighted by molar-refractivity contribution is 6.03. The molecule has 0 saturated carbocycles. The zero-order chi connectivity index (χ0) is 18.2. The van der Waals surface area contributed by atoms with E-state index in [0.717, 1.165) is 11.3 Å². The third kappa shape index (κ3) is 6.10. The Balaban J connectivity index is 1.88. The van der Waals surface area contributed by atoms with Crippen LogP contribution in [0, 0.1) is 0 Å². The molecule has 0 unspecified atom stereocenters. The van der Waals surface area contributed by atoms with Gasteiger partial charge in [-0.15, -0.1) is 0 Å². The van der Waals surface area contributed by atoms with Gasteiger partial charge in [0.25, 0.3) is 0 Å². The van der Waals surface area contributed by atoms with Crippen LogP contribution in [0.4, 0.5) is 11.4 Å². The fourth-order valence-electron chi connectivity index (χ4n) is 2.20. The van der Waals surface area contributed by atoms with E-state index in [1.54, 1.807) is 43.5 Å². The Labute approximate surface area is 146 Å². The summed E-state index contributed by atoms with van der Waals surface area (Å²) in [5.74, 6) is 0.0498. The number of nitrogens with one attached hydrogen (secondary N) is 2. The van der Waals surface area contributed by atoms with Crippen LogP contribution in [0.5, 0.6) is 5.75 Å². The number of Topliss-reactive ketones (excluding diaryl/α,β-unsaturated/α-hetero) is 1. The monoisotopic (exact) mass is 340 g/mol. The van der Waals surface area contributed by atoms with Gasteiger partial charge in [-0.2, -0.15) is 0 Å². The number of carbonyl (C=O) groups is 3. The molecule has 0 heterocycles. The minimum Gasteiger partial charge on any atom is -0.497 e. The number of hydrogen-bond donors (Lipinski definition) is 2. The SMILES string of the molecule is COc1ccc(CC(=O)Nc2ccc(NC(=O)CC(C)=O)cc2)cc1. The minimum atomic E-state index is -0.358. The molecule has 2 N–H and O–H groups in total. The lowest BCUT2D eigenvalue weighted by Crippen LogP contribution is -2.15. The summed E-state index contributed by atoms with van der Waals surface area (Å²) >= 11 is 0. The molecule has 0 aromatic heterocycles. The van der Waals surface area contributed by atoms with E-state index in [4.69, 9.17) is 4.74 Å². The number of amides is 2. The van der Waals surface area contributed by atoms with Crippen LogP contribution in [-0.2, 0) is 20.8 Å². The smallest absolute Gasteiger partial charge is 0.231 e. The molecule has 0 aliphatic carbocycles. The largest absolute Gasteiger partial charge is 0.497 e. The number of methoxy groups -OCH3 is 1. The van der Waals surface area contributed by atoms with Crippen molar-refractivity contribution >= 4 is 29.0 Å². The molecule has 130 valence electrons. The Hall–Kier alpha value is -3.15. The van der Waals surface area contributed by atoms with Crippen LogP contribution in [0.15, 0.2) is 48.5 Å². The van der Waals surface area contributed by atoms with Crippen LogP contribution in [0.2, 0.25) is 0 Å². The topological polar surface area (TPSA) is 84.5 Å². The highest BCUT2D eigenvalue weighted by Gasteiger charge is 2.07. The Kier molecular flexibility index (Phi) is 6.28. The second-order valence-corrected chi connectivity index (χ2v) is 5.58. The zero-order valence-electron chi connectivity index (χ0n) is 14.2. The summed E-state index contributed by atoms with van der Waals surface area (Å²) in [6.45, 7) is 1.36. The predicted molar refractivity (Wildman–Crippen MR) is 95.7 cm³/mol. The quantitative estimate of drug-likeness (QED) is 0.759. The summed E-state index contributed by atoms with van der Waals surface area (Å²) in [5, 5.41) is 5.41. The van der Waals surface area contributed by atoms with Crippen LogP contribution in [0.1, 0.15) is 18.9 Å². The van der Waals surface area contributed by atoms with E-state index in [0.29, 0.717) is 11.4 Å². The number of ether oxygens (including phenoxy) is 1. The first kappa shape index (κ1) is 18.2. The van der Waals surface area contributed by atoms with Crippen molar-refractivity contribution in [3.05, 3.63) is 54.1 Å². The second-order valence-electron chi connectivity index (χ2n) is 5.58. The van der Waals surface area contributed by atoms with Crippen LogP contribution < -0.4 is 15.4 Å². The van der Waals surface area contributed by atoms with Crippen LogP contribution >= 0.6 is 0 Å². The second kappa shape index (κ2) is 8.63. The molecule has 2 rings (SSSR count). The number of carbonyl (C=O) groups excluding carboxylic acids is 3. The average Bonchev–Trinajstić information content (AvgIpc) is 2.56. The van der Waals surface area contributed by atoms with Crippen molar-refractivity contribution < 1.29 is 19.1 Å². The molecule has 6 nitrogen and oxygen atoms in total. The molecule has 0 fully saturated rings. The van der Waals surface area contributed by atoms with Crippen LogP contribution in [-0.4, -0.2) is 24.7 Å². The van der Waals surface area contributed by atoms with Gasteiger partial charge in [0.05, 0.1) is 20.0 Å². The molecule has 2 aromatic rings. The van der Waals surface area contributed by atoms with E-state index in [-0.39, 0.29) is 30.4 Å². The van der Waals surface area contributed by atoms with Gasteiger partial charge < -0.3 is 15.4 Å². The molecule has 25 heavy (non-hydrogen) atoms. The average molecular weight is 340 g/mol. The standard InChI is InChI=1S/C19H20N2O4/c1-13(22)11-18(23)20-15-5-7-16(8-6-15)21-19(24)12-14-3-9-17(25-2)10-4-14/h3-10H,11-12H2,1-2H3,(H,20,23)(H,21,24). The van der Waals surface area contributed by atoms with Gasteiger partial charge in [0.15, 0.2) is 0 Å². The first-order valence-corrected chi connectivity index (χ1v) is 7.78. The maximum Gasteiger partial charge on any atom is 0.231 e. The van der Waals surface area contributed by atoms with Crippen molar-refractivity contribution in [3.8, 4) is 5.75 Å². The van der Waals surface area contributed by atoms with Gasteiger partial charge in [-0.25, -0.2) is 0 Å². The van der Waals surface area contributed by atoms with Gasteiger partial charge in [0.2, 0.25) is 11.8 Å². The molecule has 2 aromatic carbocycles. The molecule has 2 amide bonds. The minimum absolute atomic E-state index is 0.140. The summed E-state index contributed by atoms with van der Waals surface area (Å²) in [4.78, 5) is 34.5. The van der Waals surface area contributed by atoms with Gasteiger partial charge in [-0.1, -0.05) is 12.1 Å². The van der Waals surface area contributed by atoms with Gasteiger partial charge >= 0.3 is 0 Å². The summed E-state index contributed by atoms with van der Waals surface area (Å²) < 4.78 is 5.08. The highest BCUT2D eigenvalue weighted by Crippen LogP contribution is 2.15. The van der Waals surface area contributed by atoms with E-state index >= 15 is 0 Å².